The lowest BCUT2D eigenvalue weighted by Gasteiger charge is -2.11. The fourth-order valence-electron chi connectivity index (χ4n) is 5.54. The van der Waals surface area contributed by atoms with E-state index in [1.54, 1.807) is 69.3 Å². The molecule has 0 bridgehead atoms. The van der Waals surface area contributed by atoms with Crippen molar-refractivity contribution >= 4 is 51.1 Å². The highest BCUT2D eigenvalue weighted by Gasteiger charge is 2.18. The summed E-state index contributed by atoms with van der Waals surface area (Å²) in [6.45, 7) is 16.0. The fourth-order valence-corrected chi connectivity index (χ4v) is 6.18. The third-order valence-electron chi connectivity index (χ3n) is 8.51. The highest BCUT2D eigenvalue weighted by Crippen LogP contribution is 2.35. The molecule has 0 fully saturated rings. The van der Waals surface area contributed by atoms with Crippen molar-refractivity contribution in [3.63, 3.8) is 0 Å². The highest BCUT2D eigenvalue weighted by molar-refractivity contribution is 9.09. The molecule has 1 N–H and O–H groups in total. The van der Waals surface area contributed by atoms with Gasteiger partial charge in [0.1, 0.15) is 29.6 Å². The van der Waals surface area contributed by atoms with Crippen LogP contribution in [0.1, 0.15) is 52.7 Å². The topological polar surface area (TPSA) is 178 Å². The van der Waals surface area contributed by atoms with Gasteiger partial charge in [-0.15, -0.1) is 0 Å². The third kappa shape index (κ3) is 15.8. The number of esters is 2. The molecule has 4 aromatic carbocycles. The van der Waals surface area contributed by atoms with Crippen molar-refractivity contribution in [3.8, 4) is 68.7 Å². The van der Waals surface area contributed by atoms with Gasteiger partial charge in [-0.25, -0.2) is 9.59 Å². The first kappa shape index (κ1) is 51.5. The second kappa shape index (κ2) is 26.0. The van der Waals surface area contributed by atoms with E-state index in [1.165, 1.54) is 12.2 Å². The van der Waals surface area contributed by atoms with Crippen LogP contribution in [0.5, 0.6) is 23.0 Å². The Hall–Kier alpha value is -6.16. The quantitative estimate of drug-likeness (QED) is 0.0550. The SMILES string of the molecule is CCOC(=O)/C=C/CBr.CCOC(=O)/C=C/COc1cccc(-c2nc(-c3ccc(OC(C)C)c(Cl)c3)no2)c1C.Cc1c(O)cccc1-c1nc(-c2ccc(OC(C)C)c(Cl)c2)no1. The molecule has 0 radical (unpaired) electrons. The molecule has 344 valence electrons. The standard InChI is InChI=1S/C24H25ClN2O5.C18H17ClN2O3.C6H9BrO2/c1-5-29-22(28)10-7-13-30-20-9-6-8-18(16(20)4)24-26-23(27-32-24)17-11-12-21(19(25)14-17)31-15(2)3;1-10(2)23-16-8-7-12(9-14(16)19)17-20-18(24-21-17)13-5-4-6-15(22)11(13)3;1-2-9-6(8)4-3-5-7/h6-12,14-15H,5,13H2,1-4H3;4-10,22H,1-3H3;3-4H,2,5H2,1H3/b10-7+;;4-3+. The average Bonchev–Trinajstić information content (AvgIpc) is 3.97. The highest BCUT2D eigenvalue weighted by atomic mass is 79.9. The maximum Gasteiger partial charge on any atom is 0.330 e. The number of aromatic nitrogens is 4. The van der Waals surface area contributed by atoms with E-state index in [2.05, 4.69) is 40.9 Å². The molecule has 65 heavy (non-hydrogen) atoms. The van der Waals surface area contributed by atoms with E-state index < -0.39 is 5.97 Å². The molecule has 0 atom stereocenters. The van der Waals surface area contributed by atoms with E-state index in [-0.39, 0.29) is 30.5 Å². The maximum absolute atomic E-state index is 11.4. The first-order valence-electron chi connectivity index (χ1n) is 20.5. The normalized spacial score (nSPS) is 11.0. The largest absolute Gasteiger partial charge is 0.508 e. The average molecular weight is 995 g/mol. The summed E-state index contributed by atoms with van der Waals surface area (Å²) in [5.74, 6) is 2.92. The summed E-state index contributed by atoms with van der Waals surface area (Å²) < 4.78 is 37.3. The predicted octanol–water partition coefficient (Wildman–Crippen LogP) is 12.0. The van der Waals surface area contributed by atoms with Crippen molar-refractivity contribution in [1.29, 1.82) is 0 Å². The van der Waals surface area contributed by atoms with Gasteiger partial charge in [0.15, 0.2) is 0 Å². The Labute approximate surface area is 396 Å². The van der Waals surface area contributed by atoms with Crippen molar-refractivity contribution in [1.82, 2.24) is 20.3 Å². The number of benzene rings is 4. The molecule has 17 heteroatoms. The fraction of sp³-hybridized carbons (Fsp3) is 0.292. The molecule has 0 amide bonds. The summed E-state index contributed by atoms with van der Waals surface area (Å²) in [6, 6.07) is 21.4. The van der Waals surface area contributed by atoms with Crippen molar-refractivity contribution in [2.45, 2.75) is 67.6 Å². The molecule has 14 nitrogen and oxygen atoms in total. The van der Waals surface area contributed by atoms with Crippen LogP contribution in [0.25, 0.3) is 45.7 Å². The van der Waals surface area contributed by atoms with E-state index in [1.807, 2.05) is 71.0 Å². The van der Waals surface area contributed by atoms with Crippen LogP contribution in [-0.4, -0.2) is 74.7 Å². The molecule has 6 rings (SSSR count). The second-order valence-corrected chi connectivity index (χ2v) is 15.6. The number of alkyl halides is 1. The molecular formula is C48H51BrCl2N4O10. The minimum Gasteiger partial charge on any atom is -0.508 e. The summed E-state index contributed by atoms with van der Waals surface area (Å²) >= 11 is 15.7. The lowest BCUT2D eigenvalue weighted by atomic mass is 10.1. The maximum atomic E-state index is 11.4. The van der Waals surface area contributed by atoms with Gasteiger partial charge in [-0.3, -0.25) is 0 Å². The third-order valence-corrected chi connectivity index (χ3v) is 9.48. The molecule has 0 saturated heterocycles. The number of aromatic hydroxyl groups is 1. The van der Waals surface area contributed by atoms with Crippen LogP contribution in [0.2, 0.25) is 10.0 Å². The molecule has 6 aromatic rings. The van der Waals surface area contributed by atoms with Gasteiger partial charge in [0.25, 0.3) is 11.8 Å². The minimum absolute atomic E-state index is 0.0215. The molecule has 0 spiro atoms. The van der Waals surface area contributed by atoms with Crippen LogP contribution < -0.4 is 14.2 Å². The monoisotopic (exact) mass is 992 g/mol. The molecule has 0 unspecified atom stereocenters. The van der Waals surface area contributed by atoms with E-state index in [0.717, 1.165) is 22.3 Å². The summed E-state index contributed by atoms with van der Waals surface area (Å²) in [7, 11) is 0. The Morgan fingerprint density at radius 3 is 1.63 bits per heavy atom. The summed E-state index contributed by atoms with van der Waals surface area (Å²) in [5.41, 5.74) is 4.41. The van der Waals surface area contributed by atoms with E-state index in [4.69, 9.17) is 51.2 Å². The molecule has 0 aliphatic heterocycles. The van der Waals surface area contributed by atoms with Gasteiger partial charge in [0, 0.05) is 50.9 Å². The number of ether oxygens (including phenoxy) is 5. The first-order chi connectivity index (χ1) is 31.1. The van der Waals surface area contributed by atoms with Gasteiger partial charge in [-0.05, 0) is 122 Å². The van der Waals surface area contributed by atoms with Gasteiger partial charge in [-0.2, -0.15) is 9.97 Å². The summed E-state index contributed by atoms with van der Waals surface area (Å²) in [4.78, 5) is 30.7. The zero-order valence-corrected chi connectivity index (χ0v) is 40.4. The number of nitrogens with zero attached hydrogens (tertiary/aromatic N) is 4. The Morgan fingerprint density at radius 2 is 1.17 bits per heavy atom. The number of halogens is 3. The lowest BCUT2D eigenvalue weighted by molar-refractivity contribution is -0.138. The van der Waals surface area contributed by atoms with Crippen molar-refractivity contribution < 1.29 is 47.4 Å². The van der Waals surface area contributed by atoms with Crippen molar-refractivity contribution in [2.75, 3.05) is 25.2 Å². The van der Waals surface area contributed by atoms with Crippen LogP contribution >= 0.6 is 39.1 Å². The van der Waals surface area contributed by atoms with Gasteiger partial charge < -0.3 is 37.8 Å². The predicted molar refractivity (Wildman–Crippen MR) is 254 cm³/mol. The van der Waals surface area contributed by atoms with Crippen LogP contribution in [-0.2, 0) is 19.1 Å². The molecular weight excluding hydrogens is 943 g/mol. The number of phenolic OH excluding ortho intramolecular Hbond substituents is 1. The second-order valence-electron chi connectivity index (χ2n) is 14.1. The summed E-state index contributed by atoms with van der Waals surface area (Å²) in [6.07, 6.45) is 6.10. The smallest absolute Gasteiger partial charge is 0.330 e. The minimum atomic E-state index is -0.399. The number of carbonyl (C=O) groups excluding carboxylic acids is 2. The Kier molecular flexibility index (Phi) is 20.6. The Morgan fingerprint density at radius 1 is 0.692 bits per heavy atom. The molecule has 0 aliphatic rings. The van der Waals surface area contributed by atoms with Crippen LogP contribution in [0.3, 0.4) is 0 Å². The van der Waals surface area contributed by atoms with E-state index >= 15 is 0 Å². The first-order valence-corrected chi connectivity index (χ1v) is 22.4. The zero-order valence-electron chi connectivity index (χ0n) is 37.3. The molecule has 0 saturated carbocycles. The van der Waals surface area contributed by atoms with Crippen LogP contribution in [0.15, 0.2) is 106 Å². The number of rotatable bonds is 16. The van der Waals surface area contributed by atoms with Crippen LogP contribution in [0, 0.1) is 13.8 Å². The number of hydrogen-bond donors (Lipinski definition) is 1. The van der Waals surface area contributed by atoms with Gasteiger partial charge in [0.2, 0.25) is 11.6 Å². The lowest BCUT2D eigenvalue weighted by Crippen LogP contribution is -2.05. The van der Waals surface area contributed by atoms with Gasteiger partial charge in [0.05, 0.1) is 35.5 Å². The summed E-state index contributed by atoms with van der Waals surface area (Å²) in [5, 5.41) is 19.5. The number of hydrogen-bond acceptors (Lipinski definition) is 14. The van der Waals surface area contributed by atoms with Crippen molar-refractivity contribution in [3.05, 3.63) is 118 Å². The number of phenols is 1. The van der Waals surface area contributed by atoms with Crippen LogP contribution in [0.4, 0.5) is 0 Å². The molecule has 0 aliphatic carbocycles. The molecule has 2 heterocycles. The molecule has 2 aromatic heterocycles. The van der Waals surface area contributed by atoms with Gasteiger partial charge in [-0.1, -0.05) is 67.7 Å². The van der Waals surface area contributed by atoms with E-state index in [9.17, 15) is 14.7 Å². The van der Waals surface area contributed by atoms with Crippen molar-refractivity contribution in [2.24, 2.45) is 0 Å². The zero-order chi connectivity index (χ0) is 47.5. The number of allylic oxidation sites excluding steroid dienone is 1. The van der Waals surface area contributed by atoms with Gasteiger partial charge >= 0.3 is 11.9 Å². The van der Waals surface area contributed by atoms with E-state index in [0.29, 0.717) is 80.4 Å². The Balaban J connectivity index is 0.000000246. The Bertz CT molecular complexity index is 2560. The number of carbonyl (C=O) groups is 2.